The molecule has 2 aliphatic rings. The number of aliphatic carboxylic acids is 1. The van der Waals surface area contributed by atoms with Crippen molar-refractivity contribution in [3.8, 4) is 11.5 Å². The standard InChI is InChI=1S/C31H37N5O5/c1-2-40-26-7-3-4-8-27(26)41-25-6-5-15-36(21-25)29-20-32-19-28(33-29)34-31(39)23-13-16-35(17-14-23)24-11-9-22(10-12-24)18-30(37)38/h3-4,7-12,19-20,23,25H,2,5-6,13-18,21H2,1H3,(H,37,38)(H,33,34,39)/t25-/m1/s1. The number of aromatic nitrogens is 2. The Labute approximate surface area is 240 Å². The van der Waals surface area contributed by atoms with E-state index < -0.39 is 5.97 Å². The number of hydrogen-bond donors (Lipinski definition) is 2. The van der Waals surface area contributed by atoms with Crippen molar-refractivity contribution in [1.82, 2.24) is 9.97 Å². The average molecular weight is 560 g/mol. The maximum atomic E-state index is 13.1. The van der Waals surface area contributed by atoms with Crippen LogP contribution >= 0.6 is 0 Å². The molecular weight excluding hydrogens is 522 g/mol. The van der Waals surface area contributed by atoms with E-state index in [1.807, 2.05) is 55.5 Å². The summed E-state index contributed by atoms with van der Waals surface area (Å²) in [5.41, 5.74) is 1.82. The summed E-state index contributed by atoms with van der Waals surface area (Å²) in [6.07, 6.45) is 6.67. The van der Waals surface area contributed by atoms with E-state index in [0.29, 0.717) is 19.0 Å². The number of anilines is 3. The van der Waals surface area contributed by atoms with Crippen LogP contribution in [0.4, 0.5) is 17.3 Å². The van der Waals surface area contributed by atoms with Gasteiger partial charge in [0, 0.05) is 31.2 Å². The SMILES string of the molecule is CCOc1ccccc1O[C@@H]1CCCN(c2cncc(NC(=O)C3CCN(c4ccc(CC(=O)O)cc4)CC3)n2)C1. The molecule has 216 valence electrons. The van der Waals surface area contributed by atoms with Crippen LogP contribution in [0.5, 0.6) is 11.5 Å². The minimum Gasteiger partial charge on any atom is -0.490 e. The van der Waals surface area contributed by atoms with E-state index in [1.54, 1.807) is 12.4 Å². The van der Waals surface area contributed by atoms with Gasteiger partial charge in [-0.2, -0.15) is 0 Å². The summed E-state index contributed by atoms with van der Waals surface area (Å²) < 4.78 is 12.0. The van der Waals surface area contributed by atoms with Gasteiger partial charge in [0.1, 0.15) is 11.9 Å². The maximum absolute atomic E-state index is 13.1. The topological polar surface area (TPSA) is 117 Å². The molecule has 3 heterocycles. The third-order valence-electron chi connectivity index (χ3n) is 7.54. The number of nitrogens with zero attached hydrogens (tertiary/aromatic N) is 4. The molecule has 0 aliphatic carbocycles. The lowest BCUT2D eigenvalue weighted by Gasteiger charge is -2.34. The largest absolute Gasteiger partial charge is 0.490 e. The Bertz CT molecular complexity index is 1330. The van der Waals surface area contributed by atoms with Crippen molar-refractivity contribution in [3.05, 3.63) is 66.5 Å². The Morgan fingerprint density at radius 3 is 2.46 bits per heavy atom. The Morgan fingerprint density at radius 1 is 0.976 bits per heavy atom. The number of ether oxygens (including phenoxy) is 2. The Balaban J connectivity index is 1.14. The van der Waals surface area contributed by atoms with Crippen molar-refractivity contribution < 1.29 is 24.2 Å². The van der Waals surface area contributed by atoms with Gasteiger partial charge in [-0.15, -0.1) is 0 Å². The molecule has 1 atom stereocenters. The zero-order valence-electron chi connectivity index (χ0n) is 23.4. The number of carboxylic acids is 1. The van der Waals surface area contributed by atoms with Crippen molar-refractivity contribution in [2.24, 2.45) is 5.92 Å². The first-order chi connectivity index (χ1) is 20.0. The van der Waals surface area contributed by atoms with Crippen LogP contribution in [0.2, 0.25) is 0 Å². The summed E-state index contributed by atoms with van der Waals surface area (Å²) in [7, 11) is 0. The van der Waals surface area contributed by atoms with Gasteiger partial charge in [0.2, 0.25) is 5.91 Å². The van der Waals surface area contributed by atoms with E-state index in [2.05, 4.69) is 20.1 Å². The number of piperidine rings is 2. The van der Waals surface area contributed by atoms with Gasteiger partial charge in [-0.05, 0) is 62.4 Å². The number of hydrogen-bond acceptors (Lipinski definition) is 8. The van der Waals surface area contributed by atoms with Gasteiger partial charge in [0.05, 0.1) is 32.0 Å². The number of carbonyl (C=O) groups is 2. The van der Waals surface area contributed by atoms with Crippen LogP contribution in [0.15, 0.2) is 60.9 Å². The van der Waals surface area contributed by atoms with E-state index in [-0.39, 0.29) is 24.3 Å². The van der Waals surface area contributed by atoms with Crippen LogP contribution in [0.1, 0.15) is 38.2 Å². The summed E-state index contributed by atoms with van der Waals surface area (Å²) in [6.45, 7) is 5.55. The highest BCUT2D eigenvalue weighted by molar-refractivity contribution is 5.91. The monoisotopic (exact) mass is 559 g/mol. The molecule has 0 bridgehead atoms. The van der Waals surface area contributed by atoms with Crippen LogP contribution in [0.3, 0.4) is 0 Å². The fourth-order valence-electron chi connectivity index (χ4n) is 5.44. The molecule has 0 saturated carbocycles. The minimum atomic E-state index is -0.839. The number of benzene rings is 2. The number of carbonyl (C=O) groups excluding carboxylic acids is 1. The molecule has 2 aliphatic heterocycles. The Morgan fingerprint density at radius 2 is 1.73 bits per heavy atom. The molecule has 1 amide bonds. The normalized spacial score (nSPS) is 17.6. The molecule has 10 nitrogen and oxygen atoms in total. The highest BCUT2D eigenvalue weighted by Gasteiger charge is 2.27. The van der Waals surface area contributed by atoms with Gasteiger partial charge in [-0.1, -0.05) is 24.3 Å². The lowest BCUT2D eigenvalue weighted by molar-refractivity contribution is -0.136. The van der Waals surface area contributed by atoms with E-state index in [9.17, 15) is 9.59 Å². The lowest BCUT2D eigenvalue weighted by atomic mass is 9.95. The van der Waals surface area contributed by atoms with E-state index in [4.69, 9.17) is 19.6 Å². The number of carboxylic acid groups (broad SMARTS) is 1. The van der Waals surface area contributed by atoms with Crippen molar-refractivity contribution in [2.45, 2.75) is 45.1 Å². The molecule has 0 unspecified atom stereocenters. The molecular formula is C31H37N5O5. The molecule has 0 radical (unpaired) electrons. The van der Waals surface area contributed by atoms with Gasteiger partial charge in [0.25, 0.3) is 0 Å². The second-order valence-electron chi connectivity index (χ2n) is 10.5. The van der Waals surface area contributed by atoms with Crippen LogP contribution < -0.4 is 24.6 Å². The van der Waals surface area contributed by atoms with Crippen molar-refractivity contribution in [3.63, 3.8) is 0 Å². The van der Waals surface area contributed by atoms with Gasteiger partial charge in [-0.3, -0.25) is 14.6 Å². The third-order valence-corrected chi connectivity index (χ3v) is 7.54. The summed E-state index contributed by atoms with van der Waals surface area (Å²) in [5.74, 6) is 1.67. The molecule has 0 spiro atoms. The number of rotatable bonds is 10. The van der Waals surface area contributed by atoms with Gasteiger partial charge < -0.3 is 29.7 Å². The summed E-state index contributed by atoms with van der Waals surface area (Å²) in [6, 6.07) is 15.3. The summed E-state index contributed by atoms with van der Waals surface area (Å²) in [4.78, 5) is 37.5. The van der Waals surface area contributed by atoms with Crippen LogP contribution in [-0.2, 0) is 16.0 Å². The van der Waals surface area contributed by atoms with E-state index in [1.165, 1.54) is 0 Å². The quantitative estimate of drug-likeness (QED) is 0.373. The second-order valence-corrected chi connectivity index (χ2v) is 10.5. The van der Waals surface area contributed by atoms with Crippen LogP contribution in [0.25, 0.3) is 0 Å². The minimum absolute atomic E-state index is 0.0102. The Kier molecular flexibility index (Phi) is 9.18. The molecule has 2 fully saturated rings. The number of amides is 1. The smallest absolute Gasteiger partial charge is 0.307 e. The average Bonchev–Trinajstić information content (AvgIpc) is 2.99. The lowest BCUT2D eigenvalue weighted by Crippen LogP contribution is -2.41. The molecule has 2 saturated heterocycles. The fraction of sp³-hybridized carbons (Fsp3) is 0.419. The highest BCUT2D eigenvalue weighted by Crippen LogP contribution is 2.30. The summed E-state index contributed by atoms with van der Waals surface area (Å²) in [5, 5.41) is 12.0. The summed E-state index contributed by atoms with van der Waals surface area (Å²) >= 11 is 0. The molecule has 5 rings (SSSR count). The zero-order chi connectivity index (χ0) is 28.6. The molecule has 2 N–H and O–H groups in total. The van der Waals surface area contributed by atoms with Crippen molar-refractivity contribution >= 4 is 29.2 Å². The zero-order valence-corrected chi connectivity index (χ0v) is 23.4. The first kappa shape index (κ1) is 28.2. The van der Waals surface area contributed by atoms with Gasteiger partial charge in [-0.25, -0.2) is 4.98 Å². The van der Waals surface area contributed by atoms with Gasteiger partial charge >= 0.3 is 5.97 Å². The molecule has 2 aromatic carbocycles. The predicted octanol–water partition coefficient (Wildman–Crippen LogP) is 4.41. The molecule has 1 aromatic heterocycles. The Hall–Kier alpha value is -4.34. The maximum Gasteiger partial charge on any atom is 0.307 e. The second kappa shape index (κ2) is 13.3. The molecule has 3 aromatic rings. The van der Waals surface area contributed by atoms with Gasteiger partial charge in [0.15, 0.2) is 17.3 Å². The van der Waals surface area contributed by atoms with Crippen molar-refractivity contribution in [1.29, 1.82) is 0 Å². The third kappa shape index (κ3) is 7.45. The van der Waals surface area contributed by atoms with E-state index >= 15 is 0 Å². The van der Waals surface area contributed by atoms with Crippen molar-refractivity contribution in [2.75, 3.05) is 47.9 Å². The highest BCUT2D eigenvalue weighted by atomic mass is 16.5. The van der Waals surface area contributed by atoms with Crippen LogP contribution in [-0.4, -0.2) is 65.8 Å². The number of nitrogens with one attached hydrogen (secondary N) is 1. The first-order valence-corrected chi connectivity index (χ1v) is 14.3. The molecule has 41 heavy (non-hydrogen) atoms. The fourth-order valence-corrected chi connectivity index (χ4v) is 5.44. The van der Waals surface area contributed by atoms with Crippen LogP contribution in [0, 0.1) is 5.92 Å². The first-order valence-electron chi connectivity index (χ1n) is 14.3. The molecule has 10 heteroatoms. The van der Waals surface area contributed by atoms with E-state index in [0.717, 1.165) is 73.9 Å². The predicted molar refractivity (Wildman–Crippen MR) is 157 cm³/mol. The number of para-hydroxylation sites is 2.